The van der Waals surface area contributed by atoms with Crippen molar-refractivity contribution in [3.63, 3.8) is 0 Å². The van der Waals surface area contributed by atoms with Crippen molar-refractivity contribution < 1.29 is 57.8 Å². The SMILES string of the molecule is CC[C@H](C)C1NC(=O)C2CCCN2C(=O)[C@@H](Cc2ccccc2)N(C)C(=O)[C@@H](Cc2ccccc2)NC(=O)[C@@H](C(C)C)N(C)C(=O)[C@H]([C@@H](C)CC)OC(=O)[C@H](C(C)C(=O)O)N(C)C(=O)[C@H](CC(C)C)NC(=O)[C@H](C(C)C)N(C)C1=O. The monoisotopic (exact) mass is 1110 g/mol. The van der Waals surface area contributed by atoms with Gasteiger partial charge < -0.3 is 50.3 Å². The highest BCUT2D eigenvalue weighted by Gasteiger charge is 2.47. The summed E-state index contributed by atoms with van der Waals surface area (Å²) in [5.41, 5.74) is 1.39. The fourth-order valence-corrected chi connectivity index (χ4v) is 10.9. The van der Waals surface area contributed by atoms with Crippen molar-refractivity contribution in [1.82, 2.24) is 40.4 Å². The number of carbonyl (C=O) groups excluding carboxylic acids is 9. The maximum absolute atomic E-state index is 15.3. The van der Waals surface area contributed by atoms with Crippen LogP contribution in [0.3, 0.4) is 0 Å². The van der Waals surface area contributed by atoms with Crippen molar-refractivity contribution >= 4 is 59.2 Å². The number of carbonyl (C=O) groups is 10. The molecule has 2 saturated heterocycles. The van der Waals surface area contributed by atoms with Crippen molar-refractivity contribution in [2.24, 2.45) is 35.5 Å². The number of nitrogens with zero attached hydrogens (tertiary/aromatic N) is 5. The van der Waals surface area contributed by atoms with Crippen LogP contribution in [0.1, 0.15) is 119 Å². The van der Waals surface area contributed by atoms with Gasteiger partial charge in [-0.2, -0.15) is 0 Å². The molecule has 2 fully saturated rings. The first-order valence-electron chi connectivity index (χ1n) is 28.4. The molecule has 442 valence electrons. The van der Waals surface area contributed by atoms with E-state index in [0.717, 1.165) is 9.80 Å². The topological polar surface area (TPSA) is 252 Å². The number of carboxylic acids is 1. The van der Waals surface area contributed by atoms with Crippen molar-refractivity contribution in [2.45, 2.75) is 176 Å². The molecule has 80 heavy (non-hydrogen) atoms. The van der Waals surface area contributed by atoms with Gasteiger partial charge in [0.1, 0.15) is 48.3 Å². The second-order valence-electron chi connectivity index (χ2n) is 23.2. The first kappa shape index (κ1) is 65.7. The van der Waals surface area contributed by atoms with Crippen molar-refractivity contribution in [3.05, 3.63) is 71.8 Å². The number of esters is 1. The Balaban J connectivity index is 1.99. The van der Waals surface area contributed by atoms with Gasteiger partial charge in [0.05, 0.1) is 5.92 Å². The maximum Gasteiger partial charge on any atom is 0.330 e. The van der Waals surface area contributed by atoms with E-state index in [2.05, 4.69) is 16.0 Å². The van der Waals surface area contributed by atoms with Gasteiger partial charge in [-0.25, -0.2) is 4.79 Å². The zero-order chi connectivity index (χ0) is 60.0. The molecule has 4 rings (SSSR count). The summed E-state index contributed by atoms with van der Waals surface area (Å²) in [6.45, 7) is 18.9. The molecule has 8 amide bonds. The largest absolute Gasteiger partial charge is 0.481 e. The summed E-state index contributed by atoms with van der Waals surface area (Å²) in [6, 6.07) is 7.61. The summed E-state index contributed by atoms with van der Waals surface area (Å²) in [5, 5.41) is 19.1. The predicted octanol–water partition coefficient (Wildman–Crippen LogP) is 4.32. The van der Waals surface area contributed by atoms with E-state index in [1.165, 1.54) is 49.8 Å². The zero-order valence-electron chi connectivity index (χ0n) is 49.8. The Labute approximate surface area is 473 Å². The van der Waals surface area contributed by atoms with Crippen LogP contribution in [0.2, 0.25) is 0 Å². The Hall–Kier alpha value is -6.86. The second kappa shape index (κ2) is 29.6. The highest BCUT2D eigenvalue weighted by molar-refractivity contribution is 5.99. The van der Waals surface area contributed by atoms with Gasteiger partial charge >= 0.3 is 11.9 Å². The second-order valence-corrected chi connectivity index (χ2v) is 23.2. The van der Waals surface area contributed by atoms with Crippen LogP contribution in [-0.2, 0) is 65.5 Å². The minimum atomic E-state index is -1.83. The van der Waals surface area contributed by atoms with Crippen LogP contribution >= 0.6 is 0 Å². The molecule has 2 aliphatic rings. The summed E-state index contributed by atoms with van der Waals surface area (Å²) in [7, 11) is 5.51. The number of fused-ring (bicyclic) bond motifs is 1. The molecule has 0 radical (unpaired) electrons. The van der Waals surface area contributed by atoms with Gasteiger partial charge in [0.25, 0.3) is 5.91 Å². The Morgan fingerprint density at radius 1 is 0.575 bits per heavy atom. The molecule has 4 N–H and O–H groups in total. The van der Waals surface area contributed by atoms with E-state index in [0.29, 0.717) is 24.0 Å². The van der Waals surface area contributed by atoms with Gasteiger partial charge in [-0.15, -0.1) is 0 Å². The van der Waals surface area contributed by atoms with Gasteiger partial charge in [-0.1, -0.05) is 136 Å². The average Bonchev–Trinajstić information content (AvgIpc) is 4.01. The average molecular weight is 1120 g/mol. The van der Waals surface area contributed by atoms with E-state index in [-0.39, 0.29) is 44.6 Å². The lowest BCUT2D eigenvalue weighted by Crippen LogP contribution is -2.62. The predicted molar refractivity (Wildman–Crippen MR) is 302 cm³/mol. The van der Waals surface area contributed by atoms with E-state index in [9.17, 15) is 43.5 Å². The molecule has 0 saturated carbocycles. The van der Waals surface area contributed by atoms with E-state index in [1.54, 1.807) is 90.9 Å². The van der Waals surface area contributed by atoms with Crippen LogP contribution in [0.4, 0.5) is 0 Å². The third-order valence-corrected chi connectivity index (χ3v) is 16.1. The van der Waals surface area contributed by atoms with E-state index >= 15 is 9.59 Å². The molecule has 2 aliphatic heterocycles. The molecule has 12 atom stereocenters. The van der Waals surface area contributed by atoms with Gasteiger partial charge in [0, 0.05) is 53.5 Å². The molecule has 0 aliphatic carbocycles. The molecule has 2 aromatic rings. The number of carboxylic acid groups (broad SMARTS) is 1. The number of amides is 8. The number of hydrogen-bond acceptors (Lipinski definition) is 11. The molecular weight excluding hydrogens is 1020 g/mol. The van der Waals surface area contributed by atoms with Crippen LogP contribution in [0.15, 0.2) is 60.7 Å². The number of rotatable bonds is 14. The molecular formula is C60H90N8O12. The Morgan fingerprint density at radius 3 is 1.54 bits per heavy atom. The lowest BCUT2D eigenvalue weighted by Gasteiger charge is -2.38. The fourth-order valence-electron chi connectivity index (χ4n) is 10.9. The first-order chi connectivity index (χ1) is 37.6. The third-order valence-electron chi connectivity index (χ3n) is 16.1. The van der Waals surface area contributed by atoms with E-state index < -0.39 is 143 Å². The Morgan fingerprint density at radius 2 is 1.05 bits per heavy atom. The Bertz CT molecular complexity index is 2490. The van der Waals surface area contributed by atoms with Gasteiger partial charge in [0.15, 0.2) is 6.10 Å². The Kier molecular flexibility index (Phi) is 24.3. The summed E-state index contributed by atoms with van der Waals surface area (Å²) < 4.78 is 6.03. The van der Waals surface area contributed by atoms with E-state index in [4.69, 9.17) is 4.74 Å². The van der Waals surface area contributed by atoms with E-state index in [1.807, 2.05) is 39.0 Å². The molecule has 20 nitrogen and oxygen atoms in total. The fraction of sp³-hybridized carbons (Fsp3) is 0.633. The van der Waals surface area contributed by atoms with Crippen LogP contribution in [0, 0.1) is 35.5 Å². The normalized spacial score (nSPS) is 26.4. The van der Waals surface area contributed by atoms with Gasteiger partial charge in [-0.3, -0.25) is 43.2 Å². The number of cyclic esters (lactones) is 1. The smallest absolute Gasteiger partial charge is 0.330 e. The number of nitrogens with one attached hydrogen (secondary N) is 3. The number of aliphatic carboxylic acids is 1. The lowest BCUT2D eigenvalue weighted by molar-refractivity contribution is -0.174. The number of likely N-dealkylation sites (N-methyl/N-ethyl adjacent to an activating group) is 4. The van der Waals surface area contributed by atoms with Gasteiger partial charge in [0.2, 0.25) is 41.4 Å². The highest BCUT2D eigenvalue weighted by atomic mass is 16.6. The van der Waals surface area contributed by atoms with Crippen LogP contribution in [0.25, 0.3) is 0 Å². The zero-order valence-corrected chi connectivity index (χ0v) is 49.8. The molecule has 0 aromatic heterocycles. The van der Waals surface area contributed by atoms with Crippen LogP contribution in [0.5, 0.6) is 0 Å². The number of hydrogen-bond donors (Lipinski definition) is 4. The summed E-state index contributed by atoms with van der Waals surface area (Å²) >= 11 is 0. The molecule has 20 heteroatoms. The minimum absolute atomic E-state index is 0.0278. The summed E-state index contributed by atoms with van der Waals surface area (Å²) in [4.78, 5) is 153. The maximum atomic E-state index is 15.3. The lowest BCUT2D eigenvalue weighted by atomic mass is 9.94. The molecule has 2 aromatic carbocycles. The molecule has 3 unspecified atom stereocenters. The molecule has 0 bridgehead atoms. The van der Waals surface area contributed by atoms with Crippen molar-refractivity contribution in [1.29, 1.82) is 0 Å². The van der Waals surface area contributed by atoms with Crippen molar-refractivity contribution in [3.8, 4) is 0 Å². The summed E-state index contributed by atoms with van der Waals surface area (Å²) in [5.74, 6) is -12.3. The minimum Gasteiger partial charge on any atom is -0.481 e. The summed E-state index contributed by atoms with van der Waals surface area (Å²) in [6.07, 6.45) is -0.174. The first-order valence-corrected chi connectivity index (χ1v) is 28.4. The standard InChI is InChI=1S/C60H90N8O12/c1-16-37(9)46-57(75)65(13)47(35(5)6)52(70)61-42(31-34(3)4)55(73)67(15)49(39(11)59(77)78)60(79)80-50(38(10)17-2)58(76)66(14)48(36(7)8)53(71)62-43(32-40-25-20-18-21-26-40)54(72)64(12)45(33-41-27-22-19-23-28-41)56(74)68-30-24-29-44(68)51(69)63-46/h18-23,25-28,34-39,42-50H,16-17,24,29-33H2,1-15H3,(H,61,70)(H,62,71)(H,63,69)(H,77,78)/t37-,38-,39?,42-,43+,44?,45+,46?,47-,48+,49-,50-/m0/s1. The number of benzene rings is 2. The number of ether oxygens (including phenoxy) is 1. The molecule has 0 spiro atoms. The van der Waals surface area contributed by atoms with Crippen LogP contribution < -0.4 is 16.0 Å². The van der Waals surface area contributed by atoms with Crippen LogP contribution in [-0.4, -0.2) is 178 Å². The quantitative estimate of drug-likeness (QED) is 0.193. The molecule has 2 heterocycles. The highest BCUT2D eigenvalue weighted by Crippen LogP contribution is 2.27. The van der Waals surface area contributed by atoms with Gasteiger partial charge in [-0.05, 0) is 67.4 Å². The van der Waals surface area contributed by atoms with Crippen molar-refractivity contribution in [2.75, 3.05) is 34.7 Å². The third kappa shape index (κ3) is 16.2.